The number of nitro groups is 1. The van der Waals surface area contributed by atoms with Gasteiger partial charge in [0.1, 0.15) is 0 Å². The SMILES string of the molecule is NC1CC(c2nc([N+](=O)[O-])ccc2F)C1. The van der Waals surface area contributed by atoms with Gasteiger partial charge < -0.3 is 15.8 Å². The number of hydrogen-bond acceptors (Lipinski definition) is 4. The number of aromatic nitrogens is 1. The van der Waals surface area contributed by atoms with Crippen molar-refractivity contribution in [1.82, 2.24) is 4.98 Å². The van der Waals surface area contributed by atoms with E-state index < -0.39 is 10.7 Å². The molecule has 5 nitrogen and oxygen atoms in total. The molecular weight excluding hydrogens is 201 g/mol. The van der Waals surface area contributed by atoms with Crippen LogP contribution < -0.4 is 5.73 Å². The molecule has 1 aliphatic rings. The molecule has 2 rings (SSSR count). The predicted molar refractivity (Wildman–Crippen MR) is 50.8 cm³/mol. The van der Waals surface area contributed by atoms with Gasteiger partial charge in [0.05, 0.1) is 0 Å². The van der Waals surface area contributed by atoms with Crippen LogP contribution in [0, 0.1) is 15.9 Å². The highest BCUT2D eigenvalue weighted by Crippen LogP contribution is 2.36. The molecule has 0 unspecified atom stereocenters. The molecule has 2 N–H and O–H groups in total. The average molecular weight is 211 g/mol. The third-order valence-electron chi connectivity index (χ3n) is 2.61. The van der Waals surface area contributed by atoms with Crippen molar-refractivity contribution >= 4 is 5.82 Å². The topological polar surface area (TPSA) is 82.0 Å². The van der Waals surface area contributed by atoms with E-state index in [2.05, 4.69) is 4.98 Å². The van der Waals surface area contributed by atoms with Crippen LogP contribution in [0.15, 0.2) is 12.1 Å². The van der Waals surface area contributed by atoms with E-state index in [0.29, 0.717) is 12.8 Å². The first kappa shape index (κ1) is 9.97. The summed E-state index contributed by atoms with van der Waals surface area (Å²) in [5.41, 5.74) is 5.74. The molecule has 0 aliphatic heterocycles. The van der Waals surface area contributed by atoms with E-state index in [-0.39, 0.29) is 23.5 Å². The summed E-state index contributed by atoms with van der Waals surface area (Å²) >= 11 is 0. The van der Waals surface area contributed by atoms with Gasteiger partial charge in [-0.05, 0) is 28.8 Å². The third kappa shape index (κ3) is 1.80. The molecule has 1 heterocycles. The van der Waals surface area contributed by atoms with Gasteiger partial charge in [-0.1, -0.05) is 0 Å². The number of halogens is 1. The summed E-state index contributed by atoms with van der Waals surface area (Å²) in [6.07, 6.45) is 1.29. The lowest BCUT2D eigenvalue weighted by Gasteiger charge is -2.29. The number of nitrogens with zero attached hydrogens (tertiary/aromatic N) is 2. The van der Waals surface area contributed by atoms with Crippen LogP contribution in [0.2, 0.25) is 0 Å². The Kier molecular flexibility index (Phi) is 2.36. The largest absolute Gasteiger partial charge is 0.363 e. The van der Waals surface area contributed by atoms with Crippen LogP contribution in [-0.4, -0.2) is 15.9 Å². The van der Waals surface area contributed by atoms with Gasteiger partial charge in [-0.2, -0.15) is 0 Å². The Bertz CT molecular complexity index is 404. The van der Waals surface area contributed by atoms with Crippen molar-refractivity contribution in [3.05, 3.63) is 33.8 Å². The van der Waals surface area contributed by atoms with Gasteiger partial charge in [-0.15, -0.1) is 0 Å². The minimum Gasteiger partial charge on any atom is -0.358 e. The highest BCUT2D eigenvalue weighted by atomic mass is 19.1. The van der Waals surface area contributed by atoms with Gasteiger partial charge in [0.25, 0.3) is 0 Å². The van der Waals surface area contributed by atoms with Crippen LogP contribution in [-0.2, 0) is 0 Å². The van der Waals surface area contributed by atoms with Crippen molar-refractivity contribution in [2.45, 2.75) is 24.8 Å². The molecule has 1 fully saturated rings. The first-order valence-corrected chi connectivity index (χ1v) is 4.64. The lowest BCUT2D eigenvalue weighted by atomic mass is 9.78. The van der Waals surface area contributed by atoms with Crippen LogP contribution in [0.25, 0.3) is 0 Å². The Morgan fingerprint density at radius 1 is 1.53 bits per heavy atom. The predicted octanol–water partition coefficient (Wildman–Crippen LogP) is 1.33. The fraction of sp³-hybridized carbons (Fsp3) is 0.444. The molecule has 1 aromatic rings. The second-order valence-corrected chi connectivity index (χ2v) is 3.72. The molecular formula is C9H10FN3O2. The quantitative estimate of drug-likeness (QED) is 0.591. The number of nitrogens with two attached hydrogens (primary N) is 1. The van der Waals surface area contributed by atoms with Gasteiger partial charge in [0.15, 0.2) is 11.5 Å². The fourth-order valence-electron chi connectivity index (χ4n) is 1.72. The van der Waals surface area contributed by atoms with E-state index in [1.807, 2.05) is 0 Å². The van der Waals surface area contributed by atoms with Crippen LogP contribution in [0.5, 0.6) is 0 Å². The second-order valence-electron chi connectivity index (χ2n) is 3.72. The van der Waals surface area contributed by atoms with Crippen molar-refractivity contribution in [1.29, 1.82) is 0 Å². The van der Waals surface area contributed by atoms with Crippen LogP contribution in [0.3, 0.4) is 0 Å². The van der Waals surface area contributed by atoms with E-state index >= 15 is 0 Å². The maximum absolute atomic E-state index is 13.3. The van der Waals surface area contributed by atoms with Crippen molar-refractivity contribution in [2.75, 3.05) is 0 Å². The fourth-order valence-corrected chi connectivity index (χ4v) is 1.72. The molecule has 1 aromatic heterocycles. The van der Waals surface area contributed by atoms with Crippen LogP contribution >= 0.6 is 0 Å². The highest BCUT2D eigenvalue weighted by Gasteiger charge is 2.34. The molecule has 6 heteroatoms. The summed E-state index contributed by atoms with van der Waals surface area (Å²) in [5.74, 6) is -0.871. The average Bonchev–Trinajstić information content (AvgIpc) is 2.14. The number of rotatable bonds is 2. The normalized spacial score (nSPS) is 24.7. The molecule has 0 atom stereocenters. The lowest BCUT2D eigenvalue weighted by molar-refractivity contribution is -0.389. The highest BCUT2D eigenvalue weighted by molar-refractivity contribution is 5.26. The molecule has 0 aromatic carbocycles. The van der Waals surface area contributed by atoms with Crippen molar-refractivity contribution < 1.29 is 9.31 Å². The molecule has 15 heavy (non-hydrogen) atoms. The summed E-state index contributed by atoms with van der Waals surface area (Å²) in [5, 5.41) is 10.5. The van der Waals surface area contributed by atoms with E-state index in [1.165, 1.54) is 0 Å². The zero-order valence-electron chi connectivity index (χ0n) is 7.89. The maximum Gasteiger partial charge on any atom is 0.363 e. The second kappa shape index (κ2) is 3.54. The Hall–Kier alpha value is -1.56. The van der Waals surface area contributed by atoms with Gasteiger partial charge in [0, 0.05) is 18.0 Å². The molecule has 1 saturated carbocycles. The zero-order valence-corrected chi connectivity index (χ0v) is 7.89. The molecule has 0 amide bonds. The van der Waals surface area contributed by atoms with E-state index in [1.54, 1.807) is 0 Å². The molecule has 0 bridgehead atoms. The Morgan fingerprint density at radius 3 is 2.73 bits per heavy atom. The van der Waals surface area contributed by atoms with Gasteiger partial charge in [0.2, 0.25) is 0 Å². The Labute approximate surface area is 85.3 Å². The first-order valence-electron chi connectivity index (χ1n) is 4.64. The van der Waals surface area contributed by atoms with Crippen molar-refractivity contribution in [3.8, 4) is 0 Å². The molecule has 0 saturated heterocycles. The summed E-state index contributed by atoms with van der Waals surface area (Å²) in [7, 11) is 0. The summed E-state index contributed by atoms with van der Waals surface area (Å²) in [6.45, 7) is 0. The van der Waals surface area contributed by atoms with Crippen molar-refractivity contribution in [3.63, 3.8) is 0 Å². The maximum atomic E-state index is 13.3. The molecule has 1 aliphatic carbocycles. The Morgan fingerprint density at radius 2 is 2.20 bits per heavy atom. The smallest absolute Gasteiger partial charge is 0.358 e. The summed E-state index contributed by atoms with van der Waals surface area (Å²) < 4.78 is 13.3. The van der Waals surface area contributed by atoms with E-state index in [9.17, 15) is 14.5 Å². The molecule has 0 spiro atoms. The summed E-state index contributed by atoms with van der Waals surface area (Å²) in [4.78, 5) is 13.5. The van der Waals surface area contributed by atoms with Crippen molar-refractivity contribution in [2.24, 2.45) is 5.73 Å². The first-order chi connectivity index (χ1) is 7.08. The van der Waals surface area contributed by atoms with Crippen LogP contribution in [0.4, 0.5) is 10.2 Å². The van der Waals surface area contributed by atoms with Crippen LogP contribution in [0.1, 0.15) is 24.5 Å². The number of pyridine rings is 1. The van der Waals surface area contributed by atoms with Gasteiger partial charge in [-0.25, -0.2) is 4.39 Å². The minimum absolute atomic E-state index is 0.0652. The van der Waals surface area contributed by atoms with E-state index in [0.717, 1.165) is 12.1 Å². The molecule has 0 radical (unpaired) electrons. The minimum atomic E-state index is -0.623. The lowest BCUT2D eigenvalue weighted by Crippen LogP contribution is -2.35. The van der Waals surface area contributed by atoms with E-state index in [4.69, 9.17) is 5.73 Å². The standard InChI is InChI=1S/C9H10FN3O2/c10-7-1-2-8(13(14)15)12-9(7)5-3-6(11)4-5/h1-2,5-6H,3-4,11H2. The Balaban J connectivity index is 2.29. The monoisotopic (exact) mass is 211 g/mol. The number of hydrogen-bond donors (Lipinski definition) is 1. The summed E-state index contributed by atoms with van der Waals surface area (Å²) in [6, 6.07) is 2.22. The van der Waals surface area contributed by atoms with Gasteiger partial charge >= 0.3 is 5.82 Å². The zero-order chi connectivity index (χ0) is 11.0. The van der Waals surface area contributed by atoms with Gasteiger partial charge in [-0.3, -0.25) is 0 Å². The third-order valence-corrected chi connectivity index (χ3v) is 2.61. The molecule has 80 valence electrons.